The van der Waals surface area contributed by atoms with Gasteiger partial charge in [-0.25, -0.2) is 4.39 Å². The van der Waals surface area contributed by atoms with Gasteiger partial charge in [0, 0.05) is 36.5 Å². The van der Waals surface area contributed by atoms with Crippen molar-refractivity contribution in [2.75, 3.05) is 25.2 Å². The minimum Gasteiger partial charge on any atom is -0.384 e. The van der Waals surface area contributed by atoms with E-state index < -0.39 is 0 Å². The number of carbonyl (C=O) groups excluding carboxylic acids is 1. The first-order valence-corrected chi connectivity index (χ1v) is 11.2. The second-order valence-corrected chi connectivity index (χ2v) is 8.74. The smallest absolute Gasteiger partial charge is 0.140 e. The summed E-state index contributed by atoms with van der Waals surface area (Å²) in [5, 5.41) is 0. The van der Waals surface area contributed by atoms with Crippen LogP contribution in [0.15, 0.2) is 48.5 Å². The average Bonchev–Trinajstić information content (AvgIpc) is 2.67. The van der Waals surface area contributed by atoms with Crippen molar-refractivity contribution in [2.24, 2.45) is 0 Å². The summed E-state index contributed by atoms with van der Waals surface area (Å²) in [4.78, 5) is 12.4. The standard InChI is InChI=1S/C21H25FO2S2/c1-16(21(23)9-6-13-25-26-14-12-24-2)18-10-11-19(20(22)15-18)17-7-4-3-5-8-17/h3-5,7-8,10-11,15-16H,6,9,12-14H2,1-2H3. The molecular weight excluding hydrogens is 367 g/mol. The molecular formula is C21H25FO2S2. The Morgan fingerprint density at radius 1 is 1.12 bits per heavy atom. The van der Waals surface area contributed by atoms with E-state index in [4.69, 9.17) is 4.74 Å². The fourth-order valence-corrected chi connectivity index (χ4v) is 4.59. The Bertz CT molecular complexity index is 692. The predicted molar refractivity (Wildman–Crippen MR) is 111 cm³/mol. The molecule has 1 atom stereocenters. The number of hydrogen-bond acceptors (Lipinski definition) is 4. The molecule has 140 valence electrons. The van der Waals surface area contributed by atoms with Crippen molar-refractivity contribution in [1.82, 2.24) is 0 Å². The summed E-state index contributed by atoms with van der Waals surface area (Å²) in [6.07, 6.45) is 1.37. The highest BCUT2D eigenvalue weighted by Gasteiger charge is 2.17. The maximum atomic E-state index is 14.5. The van der Waals surface area contributed by atoms with Crippen molar-refractivity contribution < 1.29 is 13.9 Å². The molecule has 0 aromatic heterocycles. The minimum absolute atomic E-state index is 0.166. The summed E-state index contributed by atoms with van der Waals surface area (Å²) in [5.74, 6) is 1.51. The van der Waals surface area contributed by atoms with Gasteiger partial charge in [0.25, 0.3) is 0 Å². The van der Waals surface area contributed by atoms with E-state index in [0.29, 0.717) is 12.0 Å². The largest absolute Gasteiger partial charge is 0.384 e. The number of rotatable bonds is 11. The van der Waals surface area contributed by atoms with Crippen LogP contribution in [0.2, 0.25) is 0 Å². The van der Waals surface area contributed by atoms with Gasteiger partial charge in [0.1, 0.15) is 11.6 Å². The van der Waals surface area contributed by atoms with Crippen LogP contribution in [0.5, 0.6) is 0 Å². The van der Waals surface area contributed by atoms with E-state index in [1.807, 2.05) is 43.3 Å². The van der Waals surface area contributed by atoms with Crippen LogP contribution >= 0.6 is 21.6 Å². The highest BCUT2D eigenvalue weighted by molar-refractivity contribution is 8.76. The molecule has 26 heavy (non-hydrogen) atoms. The Morgan fingerprint density at radius 3 is 2.54 bits per heavy atom. The van der Waals surface area contributed by atoms with Crippen LogP contribution in [-0.4, -0.2) is 31.0 Å². The summed E-state index contributed by atoms with van der Waals surface area (Å²) < 4.78 is 19.5. The zero-order valence-electron chi connectivity index (χ0n) is 15.2. The van der Waals surface area contributed by atoms with Crippen molar-refractivity contribution in [3.63, 3.8) is 0 Å². The lowest BCUT2D eigenvalue weighted by molar-refractivity contribution is -0.120. The highest BCUT2D eigenvalue weighted by atomic mass is 33.1. The number of Topliss-reactive ketones (excluding diaryl/α,β-unsaturated/α-hetero) is 1. The topological polar surface area (TPSA) is 26.3 Å². The summed E-state index contributed by atoms with van der Waals surface area (Å²) in [6, 6.07) is 14.6. The van der Waals surface area contributed by atoms with Crippen molar-refractivity contribution in [2.45, 2.75) is 25.7 Å². The third kappa shape index (κ3) is 6.45. The first-order chi connectivity index (χ1) is 12.6. The molecule has 2 nitrogen and oxygen atoms in total. The highest BCUT2D eigenvalue weighted by Crippen LogP contribution is 2.28. The maximum Gasteiger partial charge on any atom is 0.140 e. The van der Waals surface area contributed by atoms with Crippen LogP contribution in [-0.2, 0) is 9.53 Å². The molecule has 2 aromatic rings. The van der Waals surface area contributed by atoms with Gasteiger partial charge in [0.05, 0.1) is 6.61 Å². The summed E-state index contributed by atoms with van der Waals surface area (Å²) in [7, 11) is 5.23. The quantitative estimate of drug-likeness (QED) is 0.347. The lowest BCUT2D eigenvalue weighted by atomic mass is 9.92. The SMILES string of the molecule is COCCSSCCCC(=O)C(C)c1ccc(-c2ccccc2)c(F)c1. The molecule has 0 heterocycles. The first-order valence-electron chi connectivity index (χ1n) is 8.74. The summed E-state index contributed by atoms with van der Waals surface area (Å²) >= 11 is 0. The van der Waals surface area contributed by atoms with Gasteiger partial charge in [-0.3, -0.25) is 4.79 Å². The van der Waals surface area contributed by atoms with Crippen LogP contribution < -0.4 is 0 Å². The van der Waals surface area contributed by atoms with Crippen molar-refractivity contribution >= 4 is 27.4 Å². The first kappa shape index (κ1) is 21.0. The van der Waals surface area contributed by atoms with Gasteiger partial charge in [0.15, 0.2) is 0 Å². The number of methoxy groups -OCH3 is 1. The number of halogens is 1. The molecule has 0 aliphatic rings. The van der Waals surface area contributed by atoms with Gasteiger partial charge < -0.3 is 4.74 Å². The van der Waals surface area contributed by atoms with E-state index in [2.05, 4.69) is 0 Å². The fourth-order valence-electron chi connectivity index (χ4n) is 2.60. The number of hydrogen-bond donors (Lipinski definition) is 0. The molecule has 0 saturated carbocycles. The van der Waals surface area contributed by atoms with Crippen LogP contribution in [0.25, 0.3) is 11.1 Å². The second-order valence-electron chi connectivity index (χ2n) is 6.03. The lowest BCUT2D eigenvalue weighted by Gasteiger charge is -2.13. The van der Waals surface area contributed by atoms with E-state index in [1.54, 1.807) is 34.8 Å². The molecule has 0 amide bonds. The van der Waals surface area contributed by atoms with Crippen LogP contribution in [0, 0.1) is 5.82 Å². The Kier molecular flexibility index (Phi) is 9.23. The van der Waals surface area contributed by atoms with E-state index in [-0.39, 0.29) is 17.5 Å². The van der Waals surface area contributed by atoms with E-state index >= 15 is 0 Å². The van der Waals surface area contributed by atoms with Gasteiger partial charge in [-0.2, -0.15) is 0 Å². The normalized spacial score (nSPS) is 12.1. The Morgan fingerprint density at radius 2 is 1.85 bits per heavy atom. The van der Waals surface area contributed by atoms with Crippen LogP contribution in [0.1, 0.15) is 31.2 Å². The van der Waals surface area contributed by atoms with Crippen LogP contribution in [0.3, 0.4) is 0 Å². The van der Waals surface area contributed by atoms with Crippen LogP contribution in [0.4, 0.5) is 4.39 Å². The van der Waals surface area contributed by atoms with Gasteiger partial charge in [-0.1, -0.05) is 71.0 Å². The third-order valence-electron chi connectivity index (χ3n) is 4.17. The Labute approximate surface area is 163 Å². The molecule has 0 saturated heterocycles. The molecule has 0 bridgehead atoms. The van der Waals surface area contributed by atoms with E-state index in [1.165, 1.54) is 6.07 Å². The Hall–Kier alpha value is -1.30. The lowest BCUT2D eigenvalue weighted by Crippen LogP contribution is -2.09. The molecule has 1 unspecified atom stereocenters. The van der Waals surface area contributed by atoms with E-state index in [0.717, 1.165) is 35.7 Å². The zero-order valence-corrected chi connectivity index (χ0v) is 16.9. The molecule has 0 N–H and O–H groups in total. The minimum atomic E-state index is -0.279. The maximum absolute atomic E-state index is 14.5. The van der Waals surface area contributed by atoms with Crippen molar-refractivity contribution in [3.8, 4) is 11.1 Å². The van der Waals surface area contributed by atoms with Gasteiger partial charge >= 0.3 is 0 Å². The number of ketones is 1. The molecule has 2 aromatic carbocycles. The number of carbonyl (C=O) groups is 1. The zero-order chi connectivity index (χ0) is 18.8. The van der Waals surface area contributed by atoms with Crippen molar-refractivity contribution in [3.05, 3.63) is 59.9 Å². The second kappa shape index (κ2) is 11.4. The van der Waals surface area contributed by atoms with Crippen molar-refractivity contribution in [1.29, 1.82) is 0 Å². The molecule has 2 rings (SSSR count). The number of ether oxygens (including phenoxy) is 1. The average molecular weight is 393 g/mol. The third-order valence-corrected chi connectivity index (χ3v) is 6.62. The van der Waals surface area contributed by atoms with Gasteiger partial charge in [-0.15, -0.1) is 0 Å². The monoisotopic (exact) mass is 392 g/mol. The molecule has 0 fully saturated rings. The molecule has 0 aliphatic carbocycles. The van der Waals surface area contributed by atoms with Gasteiger partial charge in [0.2, 0.25) is 0 Å². The number of benzene rings is 2. The van der Waals surface area contributed by atoms with Gasteiger partial charge in [-0.05, 0) is 23.6 Å². The molecule has 0 aliphatic heterocycles. The predicted octanol–water partition coefficient (Wildman–Crippen LogP) is 5.97. The fraction of sp³-hybridized carbons (Fsp3) is 0.381. The molecule has 5 heteroatoms. The summed E-state index contributed by atoms with van der Waals surface area (Å²) in [6.45, 7) is 2.61. The molecule has 0 spiro atoms. The Balaban J connectivity index is 1.86. The summed E-state index contributed by atoms with van der Waals surface area (Å²) in [5.41, 5.74) is 2.16. The molecule has 0 radical (unpaired) electrons. The van der Waals surface area contributed by atoms with E-state index in [9.17, 15) is 9.18 Å².